The van der Waals surface area contributed by atoms with Gasteiger partial charge in [-0.3, -0.25) is 9.36 Å². The molecule has 0 saturated carbocycles. The molecule has 208 valence electrons. The van der Waals surface area contributed by atoms with E-state index in [4.69, 9.17) is 11.5 Å². The van der Waals surface area contributed by atoms with Crippen LogP contribution in [0, 0.1) is 0 Å². The number of carbonyl (C=O) groups excluding carboxylic acids is 1. The number of nitrogens with zero attached hydrogens (tertiary/aromatic N) is 6. The van der Waals surface area contributed by atoms with Crippen LogP contribution in [0.3, 0.4) is 0 Å². The second kappa shape index (κ2) is 10.2. The van der Waals surface area contributed by atoms with Gasteiger partial charge in [-0.1, -0.05) is 0 Å². The SMILES string of the molecule is CC(=O)c1ccc(-n2cnc3cc(N/C(N)=C/C=C(/C)N)ccc32)nc1-n1nc(C(F)(F)F)c2c1CCN(C)C2. The molecule has 5 N–H and O–H groups in total. The van der Waals surface area contributed by atoms with E-state index in [0.29, 0.717) is 52.7 Å². The van der Waals surface area contributed by atoms with Gasteiger partial charge in [0, 0.05) is 36.5 Å². The Morgan fingerprint density at radius 1 is 1.12 bits per heavy atom. The molecular formula is C27H28F3N9O. The van der Waals surface area contributed by atoms with E-state index in [1.807, 2.05) is 6.07 Å². The summed E-state index contributed by atoms with van der Waals surface area (Å²) in [5.41, 5.74) is 14.0. The number of anilines is 1. The third kappa shape index (κ3) is 5.15. The molecule has 4 aromatic rings. The summed E-state index contributed by atoms with van der Waals surface area (Å²) in [5.74, 6) is 0.470. The lowest BCUT2D eigenvalue weighted by atomic mass is 10.1. The number of carbonyl (C=O) groups is 1. The van der Waals surface area contributed by atoms with Crippen molar-refractivity contribution < 1.29 is 18.0 Å². The minimum absolute atomic E-state index is 0.0441. The number of likely N-dealkylation sites (N-methyl/N-ethyl adjacent to an activating group) is 1. The first-order valence-corrected chi connectivity index (χ1v) is 12.4. The van der Waals surface area contributed by atoms with Gasteiger partial charge in [-0.2, -0.15) is 18.3 Å². The lowest BCUT2D eigenvalue weighted by molar-refractivity contribution is -0.142. The second-order valence-corrected chi connectivity index (χ2v) is 9.74. The van der Waals surface area contributed by atoms with Crippen molar-refractivity contribution in [3.8, 4) is 11.6 Å². The molecule has 0 amide bonds. The fraction of sp³-hybridized carbons (Fsp3) is 0.259. The predicted octanol–water partition coefficient (Wildman–Crippen LogP) is 3.89. The summed E-state index contributed by atoms with van der Waals surface area (Å²) in [4.78, 5) is 23.4. The van der Waals surface area contributed by atoms with Crippen LogP contribution in [0.2, 0.25) is 0 Å². The number of rotatable bonds is 6. The van der Waals surface area contributed by atoms with E-state index in [9.17, 15) is 18.0 Å². The molecule has 1 aromatic carbocycles. The minimum atomic E-state index is -4.65. The van der Waals surface area contributed by atoms with Crippen molar-refractivity contribution in [2.75, 3.05) is 18.9 Å². The molecule has 0 saturated heterocycles. The molecule has 3 aromatic heterocycles. The monoisotopic (exact) mass is 551 g/mol. The Bertz CT molecular complexity index is 1680. The van der Waals surface area contributed by atoms with Gasteiger partial charge in [0.15, 0.2) is 17.3 Å². The zero-order chi connectivity index (χ0) is 28.8. The third-order valence-corrected chi connectivity index (χ3v) is 6.57. The zero-order valence-corrected chi connectivity index (χ0v) is 22.1. The van der Waals surface area contributed by atoms with Crippen molar-refractivity contribution in [3.63, 3.8) is 0 Å². The summed E-state index contributed by atoms with van der Waals surface area (Å²) in [5, 5.41) is 7.01. The molecule has 0 fully saturated rings. The maximum atomic E-state index is 13.9. The number of hydrogen-bond donors (Lipinski definition) is 3. The highest BCUT2D eigenvalue weighted by molar-refractivity contribution is 5.97. The molecule has 40 heavy (non-hydrogen) atoms. The standard InChI is InChI=1S/C27H28F3N9O/c1-15(31)4-8-23(32)34-17-5-7-22-20(12-17)33-14-38(22)24-9-6-18(16(2)40)26(35-24)39-21-10-11-37(3)13-19(21)25(36-39)27(28,29)30/h4-9,12,14,34H,10-11,13,31-32H2,1-3H3/b15-4-,23-8+. The van der Waals surface area contributed by atoms with Gasteiger partial charge in [0.2, 0.25) is 0 Å². The van der Waals surface area contributed by atoms with Crippen LogP contribution in [-0.4, -0.2) is 48.6 Å². The first kappa shape index (κ1) is 26.9. The highest BCUT2D eigenvalue weighted by Crippen LogP contribution is 2.36. The van der Waals surface area contributed by atoms with E-state index >= 15 is 0 Å². The molecule has 10 nitrogen and oxygen atoms in total. The van der Waals surface area contributed by atoms with Gasteiger partial charge in [0.25, 0.3) is 0 Å². The molecule has 0 radical (unpaired) electrons. The number of pyridine rings is 1. The van der Waals surface area contributed by atoms with E-state index < -0.39 is 11.9 Å². The molecule has 1 aliphatic rings. The number of fused-ring (bicyclic) bond motifs is 2. The van der Waals surface area contributed by atoms with Crippen molar-refractivity contribution in [1.29, 1.82) is 0 Å². The van der Waals surface area contributed by atoms with Crippen LogP contribution < -0.4 is 16.8 Å². The van der Waals surface area contributed by atoms with Crippen molar-refractivity contribution in [2.24, 2.45) is 11.5 Å². The summed E-state index contributed by atoms with van der Waals surface area (Å²) >= 11 is 0. The molecule has 1 aliphatic heterocycles. The van der Waals surface area contributed by atoms with Gasteiger partial charge in [0.1, 0.15) is 18.0 Å². The maximum Gasteiger partial charge on any atom is 0.435 e. The van der Waals surface area contributed by atoms with E-state index in [-0.39, 0.29) is 29.3 Å². The number of nitrogens with one attached hydrogen (secondary N) is 1. The number of halogens is 3. The lowest BCUT2D eigenvalue weighted by Crippen LogP contribution is -2.28. The minimum Gasteiger partial charge on any atom is -0.402 e. The Kier molecular flexibility index (Phi) is 6.84. The lowest BCUT2D eigenvalue weighted by Gasteiger charge is -2.24. The van der Waals surface area contributed by atoms with Gasteiger partial charge < -0.3 is 21.7 Å². The van der Waals surface area contributed by atoms with Crippen molar-refractivity contribution in [2.45, 2.75) is 33.0 Å². The van der Waals surface area contributed by atoms with Crippen LogP contribution in [0.25, 0.3) is 22.7 Å². The molecular weight excluding hydrogens is 523 g/mol. The highest BCUT2D eigenvalue weighted by atomic mass is 19.4. The second-order valence-electron chi connectivity index (χ2n) is 9.74. The largest absolute Gasteiger partial charge is 0.435 e. The van der Waals surface area contributed by atoms with E-state index in [2.05, 4.69) is 20.4 Å². The van der Waals surface area contributed by atoms with Crippen LogP contribution in [0.15, 0.2) is 60.3 Å². The van der Waals surface area contributed by atoms with Crippen LogP contribution in [0.1, 0.15) is 41.2 Å². The number of benzene rings is 1. The van der Waals surface area contributed by atoms with Gasteiger partial charge >= 0.3 is 6.18 Å². The number of hydrogen-bond acceptors (Lipinski definition) is 8. The predicted molar refractivity (Wildman–Crippen MR) is 145 cm³/mol. The number of nitrogens with two attached hydrogens (primary N) is 2. The summed E-state index contributed by atoms with van der Waals surface area (Å²) in [6.45, 7) is 3.75. The van der Waals surface area contributed by atoms with E-state index in [1.54, 1.807) is 66.2 Å². The summed E-state index contributed by atoms with van der Waals surface area (Å²) in [7, 11) is 1.76. The van der Waals surface area contributed by atoms with Crippen LogP contribution in [0.5, 0.6) is 0 Å². The van der Waals surface area contributed by atoms with Crippen molar-refractivity contribution >= 4 is 22.5 Å². The molecule has 0 unspecified atom stereocenters. The number of aromatic nitrogens is 5. The first-order chi connectivity index (χ1) is 18.9. The Balaban J connectivity index is 1.59. The average Bonchev–Trinajstić information content (AvgIpc) is 3.48. The number of Topliss-reactive ketones (excluding diaryl/α,β-unsaturated/α-hetero) is 1. The summed E-state index contributed by atoms with van der Waals surface area (Å²) in [6, 6.07) is 8.60. The summed E-state index contributed by atoms with van der Waals surface area (Å²) < 4.78 is 44.7. The Morgan fingerprint density at radius 2 is 1.90 bits per heavy atom. The normalized spacial score (nSPS) is 14.9. The average molecular weight is 552 g/mol. The fourth-order valence-corrected chi connectivity index (χ4v) is 4.67. The van der Waals surface area contributed by atoms with Gasteiger partial charge in [-0.25, -0.2) is 14.6 Å². The van der Waals surface area contributed by atoms with Gasteiger partial charge in [0.05, 0.1) is 22.3 Å². The molecule has 0 aliphatic carbocycles. The molecule has 0 spiro atoms. The molecule has 4 heterocycles. The van der Waals surface area contributed by atoms with Crippen molar-refractivity contribution in [1.82, 2.24) is 29.2 Å². The third-order valence-electron chi connectivity index (χ3n) is 6.57. The number of ketones is 1. The molecule has 13 heteroatoms. The smallest absolute Gasteiger partial charge is 0.402 e. The first-order valence-electron chi connectivity index (χ1n) is 12.4. The molecule has 0 bridgehead atoms. The van der Waals surface area contributed by atoms with Crippen LogP contribution in [0.4, 0.5) is 18.9 Å². The number of allylic oxidation sites excluding steroid dienone is 3. The van der Waals surface area contributed by atoms with Gasteiger partial charge in [-0.15, -0.1) is 0 Å². The maximum absolute atomic E-state index is 13.9. The molecule has 5 rings (SSSR count). The Morgan fingerprint density at radius 3 is 2.60 bits per heavy atom. The fourth-order valence-electron chi connectivity index (χ4n) is 4.67. The van der Waals surface area contributed by atoms with Crippen LogP contribution in [-0.2, 0) is 19.1 Å². The van der Waals surface area contributed by atoms with Crippen molar-refractivity contribution in [3.05, 3.63) is 82.8 Å². The summed E-state index contributed by atoms with van der Waals surface area (Å²) in [6.07, 6.45) is 0.570. The van der Waals surface area contributed by atoms with E-state index in [1.165, 1.54) is 11.6 Å². The highest BCUT2D eigenvalue weighted by Gasteiger charge is 2.41. The number of alkyl halides is 3. The van der Waals surface area contributed by atoms with Gasteiger partial charge in [-0.05, 0) is 63.4 Å². The van der Waals surface area contributed by atoms with Crippen LogP contribution >= 0.6 is 0 Å². The van der Waals surface area contributed by atoms with E-state index in [0.717, 1.165) is 0 Å². The Labute approximate surface area is 227 Å². The molecule has 0 atom stereocenters. The number of imidazole rings is 1. The Hall–Kier alpha value is -4.65. The topological polar surface area (TPSA) is 133 Å². The zero-order valence-electron chi connectivity index (χ0n) is 22.1. The quantitative estimate of drug-likeness (QED) is 0.243.